The van der Waals surface area contributed by atoms with Crippen molar-refractivity contribution in [2.45, 2.75) is 51.6 Å². The van der Waals surface area contributed by atoms with Gasteiger partial charge in [0.05, 0.1) is 5.70 Å². The fourth-order valence-corrected chi connectivity index (χ4v) is 2.73. The number of hydrogen-bond acceptors (Lipinski definition) is 9. The van der Waals surface area contributed by atoms with Crippen molar-refractivity contribution in [3.8, 4) is 0 Å². The number of hydrogen-bond donors (Lipinski definition) is 3. The molecule has 2 aliphatic rings. The Balaban J connectivity index is 2.02. The molecule has 4 atom stereocenters. The van der Waals surface area contributed by atoms with Crippen molar-refractivity contribution in [3.05, 3.63) is 24.0 Å². The molecule has 9 nitrogen and oxygen atoms in total. The summed E-state index contributed by atoms with van der Waals surface area (Å²) in [7, 11) is 0. The first-order chi connectivity index (χ1) is 12.3. The van der Waals surface area contributed by atoms with Crippen molar-refractivity contribution < 1.29 is 24.5 Å². The van der Waals surface area contributed by atoms with Crippen molar-refractivity contribution >= 4 is 18.1 Å². The van der Waals surface area contributed by atoms with Crippen LogP contribution < -0.4 is 5.73 Å². The van der Waals surface area contributed by atoms with E-state index in [9.17, 15) is 15.0 Å². The summed E-state index contributed by atoms with van der Waals surface area (Å²) >= 11 is 0. The SMILES string of the molecule is C=C([C@@H]1O[C@H](COC(=O)CC(C)C)[C@@H](O)[C@H]1O)N1N=CN=C(N)/C1=C/C. The van der Waals surface area contributed by atoms with Gasteiger partial charge in [-0.25, -0.2) is 10.0 Å². The molecule has 0 aromatic carbocycles. The Morgan fingerprint density at radius 1 is 1.50 bits per heavy atom. The van der Waals surface area contributed by atoms with Crippen LogP contribution in [0.1, 0.15) is 27.2 Å². The Kier molecular flexibility index (Phi) is 6.52. The zero-order valence-electron chi connectivity index (χ0n) is 15.2. The van der Waals surface area contributed by atoms with Crippen LogP contribution in [-0.4, -0.2) is 64.4 Å². The second kappa shape index (κ2) is 8.43. The average molecular weight is 366 g/mol. The highest BCUT2D eigenvalue weighted by Crippen LogP contribution is 2.30. The molecule has 1 fully saturated rings. The quantitative estimate of drug-likeness (QED) is 0.568. The predicted octanol–water partition coefficient (Wildman–Crippen LogP) is 0.0985. The van der Waals surface area contributed by atoms with Crippen LogP contribution in [0.4, 0.5) is 0 Å². The third-order valence-electron chi connectivity index (χ3n) is 4.07. The summed E-state index contributed by atoms with van der Waals surface area (Å²) in [6.45, 7) is 9.31. The van der Waals surface area contributed by atoms with Crippen molar-refractivity contribution in [2.75, 3.05) is 6.61 Å². The van der Waals surface area contributed by atoms with E-state index in [0.717, 1.165) is 0 Å². The van der Waals surface area contributed by atoms with E-state index in [-0.39, 0.29) is 36.4 Å². The largest absolute Gasteiger partial charge is 0.463 e. The number of aliphatic hydroxyl groups excluding tert-OH is 2. The highest BCUT2D eigenvalue weighted by molar-refractivity contribution is 6.01. The highest BCUT2D eigenvalue weighted by Gasteiger charge is 2.46. The van der Waals surface area contributed by atoms with Crippen LogP contribution >= 0.6 is 0 Å². The van der Waals surface area contributed by atoms with E-state index in [1.165, 1.54) is 11.3 Å². The van der Waals surface area contributed by atoms with Gasteiger partial charge in [0.2, 0.25) is 0 Å². The molecular weight excluding hydrogens is 340 g/mol. The Labute approximate surface area is 152 Å². The molecule has 2 rings (SSSR count). The Hall–Kier alpha value is -2.23. The molecule has 9 heteroatoms. The van der Waals surface area contributed by atoms with Gasteiger partial charge < -0.3 is 25.4 Å². The van der Waals surface area contributed by atoms with E-state index < -0.39 is 24.4 Å². The molecule has 0 amide bonds. The van der Waals surface area contributed by atoms with Gasteiger partial charge in [0.15, 0.2) is 5.84 Å². The van der Waals surface area contributed by atoms with Crippen molar-refractivity contribution in [1.82, 2.24) is 5.01 Å². The van der Waals surface area contributed by atoms with E-state index >= 15 is 0 Å². The first-order valence-corrected chi connectivity index (χ1v) is 8.44. The van der Waals surface area contributed by atoms with Gasteiger partial charge in [-0.2, -0.15) is 5.10 Å². The molecule has 2 aliphatic heterocycles. The number of aliphatic imine (C=N–C) groups is 1. The molecule has 0 saturated carbocycles. The van der Waals surface area contributed by atoms with Gasteiger partial charge in [-0.1, -0.05) is 26.5 Å². The van der Waals surface area contributed by atoms with Crippen LogP contribution in [0.2, 0.25) is 0 Å². The van der Waals surface area contributed by atoms with E-state index in [4.69, 9.17) is 15.2 Å². The number of hydrazone groups is 1. The topological polar surface area (TPSA) is 130 Å². The monoisotopic (exact) mass is 366 g/mol. The number of ether oxygens (including phenoxy) is 2. The zero-order valence-corrected chi connectivity index (χ0v) is 15.2. The summed E-state index contributed by atoms with van der Waals surface area (Å²) in [6.07, 6.45) is -1.04. The molecule has 0 unspecified atom stereocenters. The minimum absolute atomic E-state index is 0.156. The number of amidine groups is 1. The second-order valence-corrected chi connectivity index (χ2v) is 6.58. The molecule has 0 aliphatic carbocycles. The standard InChI is InChI=1S/C17H26N4O5/c1-5-11-17(18)19-8-20-21(11)10(4)16-15(24)14(23)12(26-16)7-25-13(22)6-9(2)3/h5,8-9,12,14-16,23-24H,4,6-7H2,1-3H3,(H2,18,19,20)/b11-5-/t12-,14-,15-,16+/m1/s1. The van der Waals surface area contributed by atoms with Crippen LogP contribution in [0, 0.1) is 5.92 Å². The van der Waals surface area contributed by atoms with E-state index in [1.807, 2.05) is 13.8 Å². The summed E-state index contributed by atoms with van der Waals surface area (Å²) in [6, 6.07) is 0. The summed E-state index contributed by atoms with van der Waals surface area (Å²) in [5, 5.41) is 26.0. The number of carbonyl (C=O) groups excluding carboxylic acids is 1. The normalized spacial score (nSPS) is 30.0. The van der Waals surface area contributed by atoms with Gasteiger partial charge in [0.25, 0.3) is 0 Å². The molecule has 0 bridgehead atoms. The summed E-state index contributed by atoms with van der Waals surface area (Å²) in [5.41, 5.74) is 6.61. The number of nitrogens with two attached hydrogens (primary N) is 1. The number of esters is 1. The zero-order chi connectivity index (χ0) is 19.4. The molecule has 0 aromatic rings. The lowest BCUT2D eigenvalue weighted by atomic mass is 10.1. The van der Waals surface area contributed by atoms with Gasteiger partial charge in [-0.15, -0.1) is 0 Å². The maximum atomic E-state index is 11.7. The van der Waals surface area contributed by atoms with Crippen LogP contribution in [0.3, 0.4) is 0 Å². The number of nitrogens with zero attached hydrogens (tertiary/aromatic N) is 3. The lowest BCUT2D eigenvalue weighted by Gasteiger charge is -2.29. The van der Waals surface area contributed by atoms with Gasteiger partial charge >= 0.3 is 5.97 Å². The number of carbonyl (C=O) groups is 1. The third-order valence-corrected chi connectivity index (χ3v) is 4.07. The highest BCUT2D eigenvalue weighted by atomic mass is 16.6. The second-order valence-electron chi connectivity index (χ2n) is 6.58. The number of aliphatic hydroxyl groups is 2. The van der Waals surface area contributed by atoms with Crippen molar-refractivity contribution in [1.29, 1.82) is 0 Å². The van der Waals surface area contributed by atoms with E-state index in [0.29, 0.717) is 5.70 Å². The fourth-order valence-electron chi connectivity index (χ4n) is 2.73. The minimum Gasteiger partial charge on any atom is -0.463 e. The first kappa shape index (κ1) is 20.1. The van der Waals surface area contributed by atoms with Crippen LogP contribution in [0.5, 0.6) is 0 Å². The predicted molar refractivity (Wildman–Crippen MR) is 95.9 cm³/mol. The lowest BCUT2D eigenvalue weighted by molar-refractivity contribution is -0.149. The Morgan fingerprint density at radius 3 is 2.81 bits per heavy atom. The molecule has 0 radical (unpaired) electrons. The van der Waals surface area contributed by atoms with Gasteiger partial charge in [0, 0.05) is 6.42 Å². The molecule has 0 aromatic heterocycles. The molecule has 4 N–H and O–H groups in total. The molecule has 2 heterocycles. The molecule has 26 heavy (non-hydrogen) atoms. The molecule has 0 spiro atoms. The maximum Gasteiger partial charge on any atom is 0.306 e. The summed E-state index contributed by atoms with van der Waals surface area (Å²) in [4.78, 5) is 15.6. The number of allylic oxidation sites excluding steroid dienone is 1. The van der Waals surface area contributed by atoms with Gasteiger partial charge in [-0.05, 0) is 12.8 Å². The van der Waals surface area contributed by atoms with Crippen LogP contribution in [-0.2, 0) is 14.3 Å². The van der Waals surface area contributed by atoms with Crippen LogP contribution in [0.15, 0.2) is 34.1 Å². The Morgan fingerprint density at radius 2 is 2.19 bits per heavy atom. The van der Waals surface area contributed by atoms with Crippen molar-refractivity contribution in [2.24, 2.45) is 21.7 Å². The average Bonchev–Trinajstić information content (AvgIpc) is 2.86. The van der Waals surface area contributed by atoms with Gasteiger partial charge in [-0.3, -0.25) is 4.79 Å². The van der Waals surface area contributed by atoms with E-state index in [1.54, 1.807) is 13.0 Å². The molecule has 144 valence electrons. The third kappa shape index (κ3) is 4.29. The maximum absolute atomic E-state index is 11.7. The molecular formula is C17H26N4O5. The minimum atomic E-state index is -1.25. The van der Waals surface area contributed by atoms with Crippen LogP contribution in [0.25, 0.3) is 0 Å². The van der Waals surface area contributed by atoms with Crippen molar-refractivity contribution in [3.63, 3.8) is 0 Å². The Bertz CT molecular complexity index is 643. The first-order valence-electron chi connectivity index (χ1n) is 8.44. The van der Waals surface area contributed by atoms with Gasteiger partial charge in [0.1, 0.15) is 43.1 Å². The fraction of sp³-hybridized carbons (Fsp3) is 0.588. The summed E-state index contributed by atoms with van der Waals surface area (Å²) in [5.74, 6) is 0.0302. The number of rotatable bonds is 6. The van der Waals surface area contributed by atoms with E-state index in [2.05, 4.69) is 16.7 Å². The lowest BCUT2D eigenvalue weighted by Crippen LogP contribution is -2.39. The smallest absolute Gasteiger partial charge is 0.306 e. The molecule has 1 saturated heterocycles. The summed E-state index contributed by atoms with van der Waals surface area (Å²) < 4.78 is 10.8.